The molecule has 2 aromatic carbocycles. The summed E-state index contributed by atoms with van der Waals surface area (Å²) >= 11 is 0. The van der Waals surface area contributed by atoms with Crippen LogP contribution in [0.4, 0.5) is 0 Å². The molecule has 4 aromatic rings. The van der Waals surface area contributed by atoms with E-state index in [0.717, 1.165) is 27.6 Å². The molecule has 0 spiro atoms. The fourth-order valence-corrected chi connectivity index (χ4v) is 3.24. The molecule has 0 fully saturated rings. The van der Waals surface area contributed by atoms with E-state index >= 15 is 0 Å². The topological polar surface area (TPSA) is 77.0 Å². The number of hydrogen-bond acceptors (Lipinski definition) is 5. The van der Waals surface area contributed by atoms with Crippen LogP contribution in [0.1, 0.15) is 22.7 Å². The first-order chi connectivity index (χ1) is 14.2. The van der Waals surface area contributed by atoms with Gasteiger partial charge in [-0.1, -0.05) is 36.4 Å². The minimum absolute atomic E-state index is 0.144. The quantitative estimate of drug-likeness (QED) is 0.549. The van der Waals surface area contributed by atoms with Crippen LogP contribution in [-0.4, -0.2) is 27.5 Å². The number of rotatable bonds is 6. The first-order valence-corrected chi connectivity index (χ1v) is 9.30. The van der Waals surface area contributed by atoms with E-state index in [1.54, 1.807) is 12.4 Å². The normalized spacial score (nSPS) is 11.8. The summed E-state index contributed by atoms with van der Waals surface area (Å²) in [6.45, 7) is 1.88. The van der Waals surface area contributed by atoms with Crippen molar-refractivity contribution in [2.24, 2.45) is 0 Å². The first kappa shape index (κ1) is 18.6. The Kier molecular flexibility index (Phi) is 5.42. The van der Waals surface area contributed by atoms with E-state index < -0.39 is 0 Å². The summed E-state index contributed by atoms with van der Waals surface area (Å²) in [5.74, 6) is 0.153. The number of carbonyl (C=O) groups is 1. The van der Waals surface area contributed by atoms with Crippen molar-refractivity contribution in [1.82, 2.24) is 20.3 Å². The van der Waals surface area contributed by atoms with Gasteiger partial charge in [0.1, 0.15) is 6.33 Å². The van der Waals surface area contributed by atoms with Gasteiger partial charge in [0.15, 0.2) is 6.61 Å². The zero-order valence-electron chi connectivity index (χ0n) is 15.9. The second-order valence-electron chi connectivity index (χ2n) is 6.62. The highest BCUT2D eigenvalue weighted by Gasteiger charge is 2.19. The highest BCUT2D eigenvalue weighted by molar-refractivity contribution is 5.84. The maximum Gasteiger partial charge on any atom is 0.258 e. The summed E-state index contributed by atoms with van der Waals surface area (Å²) in [4.78, 5) is 25.2. The molecule has 1 amide bonds. The molecule has 0 aliphatic heterocycles. The van der Waals surface area contributed by atoms with E-state index in [1.807, 2.05) is 67.6 Å². The van der Waals surface area contributed by atoms with Crippen molar-refractivity contribution in [1.29, 1.82) is 0 Å². The van der Waals surface area contributed by atoms with Gasteiger partial charge >= 0.3 is 0 Å². The van der Waals surface area contributed by atoms with Gasteiger partial charge < -0.3 is 10.1 Å². The molecule has 2 aromatic heterocycles. The van der Waals surface area contributed by atoms with E-state index in [0.29, 0.717) is 5.88 Å². The van der Waals surface area contributed by atoms with Crippen LogP contribution >= 0.6 is 0 Å². The summed E-state index contributed by atoms with van der Waals surface area (Å²) in [7, 11) is 0. The standard InChI is InChI=1S/C23H20N4O2/c1-16-6-2-3-7-18(16)22(17-10-12-24-13-11-17)27-21(28)14-29-23-19-8-4-5-9-20(19)25-15-26-23/h2-13,15,22H,14H2,1H3,(H,27,28)/t22-/m1/s1. The lowest BCUT2D eigenvalue weighted by Crippen LogP contribution is -2.33. The molecule has 0 radical (unpaired) electrons. The predicted octanol–water partition coefficient (Wildman–Crippen LogP) is 3.62. The van der Waals surface area contributed by atoms with E-state index in [9.17, 15) is 4.79 Å². The fraction of sp³-hybridized carbons (Fsp3) is 0.130. The molecule has 144 valence electrons. The third kappa shape index (κ3) is 4.21. The third-order valence-corrected chi connectivity index (χ3v) is 4.69. The minimum atomic E-state index is -0.294. The fourth-order valence-electron chi connectivity index (χ4n) is 3.24. The van der Waals surface area contributed by atoms with Crippen LogP contribution in [0.3, 0.4) is 0 Å². The predicted molar refractivity (Wildman–Crippen MR) is 110 cm³/mol. The summed E-state index contributed by atoms with van der Waals surface area (Å²) < 4.78 is 5.71. The number of benzene rings is 2. The smallest absolute Gasteiger partial charge is 0.258 e. The van der Waals surface area contributed by atoms with Gasteiger partial charge in [0.2, 0.25) is 5.88 Å². The molecule has 0 saturated carbocycles. The van der Waals surface area contributed by atoms with E-state index in [4.69, 9.17) is 4.74 Å². The van der Waals surface area contributed by atoms with Crippen LogP contribution in [-0.2, 0) is 4.79 Å². The van der Waals surface area contributed by atoms with Gasteiger partial charge in [-0.15, -0.1) is 0 Å². The van der Waals surface area contributed by atoms with Crippen molar-refractivity contribution in [2.75, 3.05) is 6.61 Å². The Morgan fingerprint density at radius 1 is 1.00 bits per heavy atom. The van der Waals surface area contributed by atoms with Gasteiger partial charge in [0.05, 0.1) is 16.9 Å². The lowest BCUT2D eigenvalue weighted by atomic mass is 9.95. The molecule has 6 nitrogen and oxygen atoms in total. The molecule has 4 rings (SSSR count). The van der Waals surface area contributed by atoms with Crippen LogP contribution < -0.4 is 10.1 Å². The van der Waals surface area contributed by atoms with E-state index in [2.05, 4.69) is 20.3 Å². The average Bonchev–Trinajstić information content (AvgIpc) is 2.77. The second kappa shape index (κ2) is 8.48. The van der Waals surface area contributed by atoms with Crippen molar-refractivity contribution in [3.63, 3.8) is 0 Å². The maximum atomic E-state index is 12.7. The molecule has 0 aliphatic rings. The number of pyridine rings is 1. The van der Waals surface area contributed by atoms with Crippen LogP contribution in [0.25, 0.3) is 10.9 Å². The molecule has 1 atom stereocenters. The molecular formula is C23H20N4O2. The zero-order chi connectivity index (χ0) is 20.1. The number of ether oxygens (including phenoxy) is 1. The zero-order valence-corrected chi connectivity index (χ0v) is 15.9. The Morgan fingerprint density at radius 2 is 1.76 bits per heavy atom. The SMILES string of the molecule is Cc1ccccc1[C@H](NC(=O)COc1ncnc2ccccc12)c1ccncc1. The summed E-state index contributed by atoms with van der Waals surface area (Å²) in [6, 6.07) is 19.0. The molecule has 6 heteroatoms. The number of fused-ring (bicyclic) bond motifs is 1. The minimum Gasteiger partial charge on any atom is -0.467 e. The highest BCUT2D eigenvalue weighted by Crippen LogP contribution is 2.25. The molecule has 0 bridgehead atoms. The van der Waals surface area contributed by atoms with Crippen molar-refractivity contribution in [3.05, 3.63) is 96.1 Å². The van der Waals surface area contributed by atoms with Gasteiger partial charge in [0, 0.05) is 12.4 Å². The van der Waals surface area contributed by atoms with Crippen molar-refractivity contribution in [2.45, 2.75) is 13.0 Å². The number of carbonyl (C=O) groups excluding carboxylic acids is 1. The number of amides is 1. The Labute approximate surface area is 168 Å². The lowest BCUT2D eigenvalue weighted by molar-refractivity contribution is -0.123. The summed E-state index contributed by atoms with van der Waals surface area (Å²) in [5, 5.41) is 3.84. The average molecular weight is 384 g/mol. The number of aryl methyl sites for hydroxylation is 1. The van der Waals surface area contributed by atoms with Crippen LogP contribution in [0, 0.1) is 6.92 Å². The summed E-state index contributed by atoms with van der Waals surface area (Å²) in [5.41, 5.74) is 3.85. The number of nitrogens with zero attached hydrogens (tertiary/aromatic N) is 3. The molecule has 1 N–H and O–H groups in total. The molecule has 29 heavy (non-hydrogen) atoms. The van der Waals surface area contributed by atoms with Crippen molar-refractivity contribution >= 4 is 16.8 Å². The molecule has 0 saturated heterocycles. The van der Waals surface area contributed by atoms with Gasteiger partial charge in [0.25, 0.3) is 5.91 Å². The first-order valence-electron chi connectivity index (χ1n) is 9.30. The van der Waals surface area contributed by atoms with Crippen LogP contribution in [0.5, 0.6) is 5.88 Å². The number of para-hydroxylation sites is 1. The molecule has 2 heterocycles. The van der Waals surface area contributed by atoms with E-state index in [-0.39, 0.29) is 18.6 Å². The molecule has 0 aliphatic carbocycles. The van der Waals surface area contributed by atoms with Crippen molar-refractivity contribution < 1.29 is 9.53 Å². The van der Waals surface area contributed by atoms with Gasteiger partial charge in [-0.2, -0.15) is 0 Å². The van der Waals surface area contributed by atoms with Crippen molar-refractivity contribution in [3.8, 4) is 5.88 Å². The Morgan fingerprint density at radius 3 is 2.59 bits per heavy atom. The lowest BCUT2D eigenvalue weighted by Gasteiger charge is -2.21. The monoisotopic (exact) mass is 384 g/mol. The second-order valence-corrected chi connectivity index (χ2v) is 6.62. The Balaban J connectivity index is 1.53. The number of hydrogen-bond donors (Lipinski definition) is 1. The van der Waals surface area contributed by atoms with Crippen LogP contribution in [0.2, 0.25) is 0 Å². The largest absolute Gasteiger partial charge is 0.467 e. The third-order valence-electron chi connectivity index (χ3n) is 4.69. The molecular weight excluding hydrogens is 364 g/mol. The summed E-state index contributed by atoms with van der Waals surface area (Å²) in [6.07, 6.45) is 4.87. The van der Waals surface area contributed by atoms with Crippen LogP contribution in [0.15, 0.2) is 79.4 Å². The highest BCUT2D eigenvalue weighted by atomic mass is 16.5. The molecule has 0 unspecified atom stereocenters. The number of nitrogens with one attached hydrogen (secondary N) is 1. The maximum absolute atomic E-state index is 12.7. The number of aromatic nitrogens is 3. The van der Waals surface area contributed by atoms with Gasteiger partial charge in [-0.25, -0.2) is 9.97 Å². The van der Waals surface area contributed by atoms with Gasteiger partial charge in [-0.3, -0.25) is 9.78 Å². The van der Waals surface area contributed by atoms with Gasteiger partial charge in [-0.05, 0) is 47.9 Å². The Hall–Kier alpha value is -3.80. The van der Waals surface area contributed by atoms with E-state index in [1.165, 1.54) is 6.33 Å². The Bertz CT molecular complexity index is 1130.